The molecule has 0 fully saturated rings. The van der Waals surface area contributed by atoms with Crippen LogP contribution in [0.4, 0.5) is 0 Å². The van der Waals surface area contributed by atoms with Crippen molar-refractivity contribution >= 4 is 55.7 Å². The Morgan fingerprint density at radius 2 is 0.919 bits per heavy atom. The Morgan fingerprint density at radius 1 is 0.378 bits per heavy atom. The molecule has 0 amide bonds. The van der Waals surface area contributed by atoms with Gasteiger partial charge in [-0.1, -0.05) is 121 Å². The van der Waals surface area contributed by atoms with Crippen LogP contribution in [0.2, 0.25) is 0 Å². The van der Waals surface area contributed by atoms with E-state index in [0.29, 0.717) is 5.46 Å². The fourth-order valence-electron chi connectivity index (χ4n) is 5.63. The van der Waals surface area contributed by atoms with Crippen molar-refractivity contribution in [1.82, 2.24) is 0 Å². The second kappa shape index (κ2) is 8.60. The van der Waals surface area contributed by atoms with Gasteiger partial charge in [0, 0.05) is 0 Å². The van der Waals surface area contributed by atoms with E-state index in [-0.39, 0.29) is 0 Å². The smallest absolute Gasteiger partial charge is 0.423 e. The van der Waals surface area contributed by atoms with Crippen LogP contribution in [0.5, 0.6) is 0 Å². The van der Waals surface area contributed by atoms with Gasteiger partial charge in [-0.25, -0.2) is 0 Å². The van der Waals surface area contributed by atoms with E-state index in [4.69, 9.17) is 0 Å². The van der Waals surface area contributed by atoms with Crippen molar-refractivity contribution in [2.24, 2.45) is 0 Å². The molecule has 0 unspecified atom stereocenters. The monoisotopic (exact) mass is 474 g/mol. The first kappa shape index (κ1) is 21.8. The standard InChI is InChI=1S/C34H23BO2/c36-35(37)26-17-19-32-31-18-16-25(20-33(31)29-9-3-4-10-30(29)34(32)21-26)22-12-14-24(15-13-22)28-11-5-7-23-6-1-2-8-27(23)28/h1-21,36-37H. The lowest BCUT2D eigenvalue weighted by molar-refractivity contribution is 0.426. The topological polar surface area (TPSA) is 40.5 Å². The molecule has 0 aliphatic heterocycles. The summed E-state index contributed by atoms with van der Waals surface area (Å²) in [6.45, 7) is 0. The molecule has 0 spiro atoms. The van der Waals surface area contributed by atoms with E-state index in [1.165, 1.54) is 38.4 Å². The second-order valence-electron chi connectivity index (χ2n) is 9.59. The van der Waals surface area contributed by atoms with Gasteiger partial charge in [-0.05, 0) is 76.9 Å². The average molecular weight is 474 g/mol. The van der Waals surface area contributed by atoms with Crippen molar-refractivity contribution in [2.75, 3.05) is 0 Å². The maximum Gasteiger partial charge on any atom is 0.488 e. The van der Waals surface area contributed by atoms with E-state index in [1.807, 2.05) is 18.2 Å². The zero-order valence-corrected chi connectivity index (χ0v) is 20.1. The first-order valence-electron chi connectivity index (χ1n) is 12.5. The summed E-state index contributed by atoms with van der Waals surface area (Å²) < 4.78 is 0. The maximum atomic E-state index is 9.73. The van der Waals surface area contributed by atoms with Gasteiger partial charge in [0.25, 0.3) is 0 Å². The quantitative estimate of drug-likeness (QED) is 0.208. The van der Waals surface area contributed by atoms with E-state index < -0.39 is 7.12 Å². The Balaban J connectivity index is 1.38. The van der Waals surface area contributed by atoms with Crippen LogP contribution < -0.4 is 5.46 Å². The second-order valence-corrected chi connectivity index (χ2v) is 9.59. The zero-order chi connectivity index (χ0) is 24.9. The van der Waals surface area contributed by atoms with Gasteiger partial charge in [-0.2, -0.15) is 0 Å². The van der Waals surface area contributed by atoms with Crippen LogP contribution in [0.3, 0.4) is 0 Å². The Bertz CT molecular complexity index is 1930. The molecule has 0 radical (unpaired) electrons. The molecule has 37 heavy (non-hydrogen) atoms. The highest BCUT2D eigenvalue weighted by molar-refractivity contribution is 6.59. The van der Waals surface area contributed by atoms with Crippen molar-refractivity contribution in [1.29, 1.82) is 0 Å². The molecular formula is C34H23BO2. The van der Waals surface area contributed by atoms with E-state index in [0.717, 1.165) is 26.9 Å². The van der Waals surface area contributed by atoms with Crippen LogP contribution in [0.25, 0.3) is 65.3 Å². The van der Waals surface area contributed by atoms with Crippen molar-refractivity contribution in [3.8, 4) is 22.3 Å². The summed E-state index contributed by atoms with van der Waals surface area (Å²) in [6.07, 6.45) is 0. The minimum Gasteiger partial charge on any atom is -0.423 e. The molecule has 0 bridgehead atoms. The first-order valence-corrected chi connectivity index (χ1v) is 12.5. The van der Waals surface area contributed by atoms with Crippen LogP contribution in [0.15, 0.2) is 127 Å². The lowest BCUT2D eigenvalue weighted by atomic mass is 9.78. The number of rotatable bonds is 3. The number of fused-ring (bicyclic) bond motifs is 7. The Labute approximate surface area is 215 Å². The maximum absolute atomic E-state index is 9.73. The molecule has 7 aromatic carbocycles. The SMILES string of the molecule is OB(O)c1ccc2c3ccc(-c4ccc(-c5cccc6ccccc56)cc4)cc3c3ccccc3c2c1. The van der Waals surface area contributed by atoms with Crippen molar-refractivity contribution in [2.45, 2.75) is 0 Å². The third kappa shape index (κ3) is 3.60. The van der Waals surface area contributed by atoms with Gasteiger partial charge in [-0.15, -0.1) is 0 Å². The molecule has 0 aliphatic rings. The van der Waals surface area contributed by atoms with Crippen LogP contribution in [-0.4, -0.2) is 17.2 Å². The fourth-order valence-corrected chi connectivity index (χ4v) is 5.63. The van der Waals surface area contributed by atoms with Gasteiger partial charge in [0.2, 0.25) is 0 Å². The van der Waals surface area contributed by atoms with E-state index in [9.17, 15) is 10.0 Å². The van der Waals surface area contributed by atoms with Crippen molar-refractivity contribution in [3.63, 3.8) is 0 Å². The Kier molecular flexibility index (Phi) is 5.07. The molecule has 0 aromatic heterocycles. The molecule has 0 saturated carbocycles. The molecule has 2 nitrogen and oxygen atoms in total. The minimum atomic E-state index is -1.49. The van der Waals surface area contributed by atoms with Gasteiger partial charge in [0.1, 0.15) is 0 Å². The van der Waals surface area contributed by atoms with Crippen LogP contribution >= 0.6 is 0 Å². The van der Waals surface area contributed by atoms with Crippen LogP contribution in [0, 0.1) is 0 Å². The van der Waals surface area contributed by atoms with Gasteiger partial charge < -0.3 is 10.0 Å². The number of hydrogen-bond acceptors (Lipinski definition) is 2. The summed E-state index contributed by atoms with van der Waals surface area (Å²) in [7, 11) is -1.49. The highest BCUT2D eigenvalue weighted by Gasteiger charge is 2.15. The van der Waals surface area contributed by atoms with E-state index >= 15 is 0 Å². The molecule has 0 saturated heterocycles. The highest BCUT2D eigenvalue weighted by atomic mass is 16.4. The molecule has 7 rings (SSSR count). The summed E-state index contributed by atoms with van der Waals surface area (Å²) in [4.78, 5) is 0. The lowest BCUT2D eigenvalue weighted by Crippen LogP contribution is -2.29. The summed E-state index contributed by atoms with van der Waals surface area (Å²) >= 11 is 0. The number of benzene rings is 7. The van der Waals surface area contributed by atoms with Crippen LogP contribution in [0.1, 0.15) is 0 Å². The van der Waals surface area contributed by atoms with Gasteiger partial charge in [0.15, 0.2) is 0 Å². The molecule has 0 heterocycles. The molecule has 7 aromatic rings. The Hall–Kier alpha value is -4.44. The van der Waals surface area contributed by atoms with Gasteiger partial charge in [0.05, 0.1) is 0 Å². The predicted octanol–water partition coefficient (Wildman–Crippen LogP) is 7.31. The third-order valence-corrected chi connectivity index (χ3v) is 7.48. The molecule has 2 N–H and O–H groups in total. The predicted molar refractivity (Wildman–Crippen MR) is 157 cm³/mol. The summed E-state index contributed by atoms with van der Waals surface area (Å²) in [5.74, 6) is 0. The van der Waals surface area contributed by atoms with Crippen molar-refractivity contribution < 1.29 is 10.0 Å². The van der Waals surface area contributed by atoms with E-state index in [2.05, 4.69) is 103 Å². The normalized spacial score (nSPS) is 11.5. The zero-order valence-electron chi connectivity index (χ0n) is 20.1. The summed E-state index contributed by atoms with van der Waals surface area (Å²) in [5.41, 5.74) is 5.30. The minimum absolute atomic E-state index is 0.500. The first-order chi connectivity index (χ1) is 18.2. The average Bonchev–Trinajstić information content (AvgIpc) is 2.96. The molecule has 3 heteroatoms. The lowest BCUT2D eigenvalue weighted by Gasteiger charge is -2.13. The van der Waals surface area contributed by atoms with E-state index in [1.54, 1.807) is 6.07 Å². The van der Waals surface area contributed by atoms with Crippen LogP contribution in [-0.2, 0) is 0 Å². The number of hydrogen-bond donors (Lipinski definition) is 2. The largest absolute Gasteiger partial charge is 0.488 e. The molecule has 174 valence electrons. The molecular weight excluding hydrogens is 451 g/mol. The summed E-state index contributed by atoms with van der Waals surface area (Å²) in [6, 6.07) is 44.5. The molecule has 0 atom stereocenters. The van der Waals surface area contributed by atoms with Gasteiger partial charge >= 0.3 is 7.12 Å². The molecule has 0 aliphatic carbocycles. The third-order valence-electron chi connectivity index (χ3n) is 7.48. The summed E-state index contributed by atoms with van der Waals surface area (Å²) in [5, 5.41) is 28.7. The Morgan fingerprint density at radius 3 is 1.65 bits per heavy atom. The van der Waals surface area contributed by atoms with Gasteiger partial charge in [-0.3, -0.25) is 0 Å². The highest BCUT2D eigenvalue weighted by Crippen LogP contribution is 2.37. The fraction of sp³-hybridized carbons (Fsp3) is 0. The van der Waals surface area contributed by atoms with Crippen molar-refractivity contribution in [3.05, 3.63) is 127 Å².